The van der Waals surface area contributed by atoms with Gasteiger partial charge >= 0.3 is 0 Å². The first-order chi connectivity index (χ1) is 12.6. The predicted octanol–water partition coefficient (Wildman–Crippen LogP) is 2.50. The number of nitrogens with one attached hydrogen (secondary N) is 1. The number of carbonyl (C=O) groups excluding carboxylic acids is 2. The summed E-state index contributed by atoms with van der Waals surface area (Å²) in [5.74, 6) is -0.737. The first-order valence-electron chi connectivity index (χ1n) is 8.33. The summed E-state index contributed by atoms with van der Waals surface area (Å²) in [7, 11) is 0. The van der Waals surface area contributed by atoms with E-state index in [4.69, 9.17) is 0 Å². The zero-order chi connectivity index (χ0) is 18.1. The molecular weight excluding hydrogens is 330 g/mol. The number of carbonyl (C=O) groups is 2. The smallest absolute Gasteiger partial charge is 0.280 e. The van der Waals surface area contributed by atoms with Gasteiger partial charge in [-0.25, -0.2) is 0 Å². The fraction of sp³-hybridized carbons (Fsp3) is 0.158. The molecule has 7 nitrogen and oxygen atoms in total. The van der Waals surface area contributed by atoms with Crippen LogP contribution < -0.4 is 10.2 Å². The van der Waals surface area contributed by atoms with Gasteiger partial charge in [-0.3, -0.25) is 9.59 Å². The van der Waals surface area contributed by atoms with E-state index in [0.29, 0.717) is 11.4 Å². The molecule has 0 saturated carbocycles. The maximum absolute atomic E-state index is 13.1. The summed E-state index contributed by atoms with van der Waals surface area (Å²) in [5.41, 5.74) is 2.27. The molecule has 0 radical (unpaired) electrons. The molecule has 2 heterocycles. The van der Waals surface area contributed by atoms with Crippen LogP contribution in [0.4, 0.5) is 11.4 Å². The molecule has 1 atom stereocenters. The maximum atomic E-state index is 13.1. The third-order valence-corrected chi connectivity index (χ3v) is 4.30. The van der Waals surface area contributed by atoms with E-state index in [1.807, 2.05) is 48.5 Å². The Labute approximate surface area is 150 Å². The van der Waals surface area contributed by atoms with Gasteiger partial charge in [0.15, 0.2) is 5.69 Å². The van der Waals surface area contributed by atoms with Gasteiger partial charge in [-0.2, -0.15) is 9.90 Å². The van der Waals surface area contributed by atoms with E-state index >= 15 is 0 Å². The van der Waals surface area contributed by atoms with Crippen LogP contribution in [0.1, 0.15) is 17.4 Å². The molecule has 1 aliphatic heterocycles. The van der Waals surface area contributed by atoms with E-state index < -0.39 is 0 Å². The maximum Gasteiger partial charge on any atom is 0.280 e. The lowest BCUT2D eigenvalue weighted by molar-refractivity contribution is -0.119. The van der Waals surface area contributed by atoms with Crippen molar-refractivity contribution in [3.05, 3.63) is 66.5 Å². The van der Waals surface area contributed by atoms with Crippen molar-refractivity contribution in [1.29, 1.82) is 0 Å². The molecule has 3 aromatic rings. The van der Waals surface area contributed by atoms with Crippen LogP contribution in [-0.4, -0.2) is 33.4 Å². The molecule has 0 fully saturated rings. The zero-order valence-electron chi connectivity index (χ0n) is 14.2. The van der Waals surface area contributed by atoms with Gasteiger partial charge in [0.25, 0.3) is 5.91 Å². The van der Waals surface area contributed by atoms with E-state index in [-0.39, 0.29) is 30.0 Å². The Bertz CT molecular complexity index is 967. The van der Waals surface area contributed by atoms with Crippen LogP contribution in [0.25, 0.3) is 5.69 Å². The molecule has 4 rings (SSSR count). The molecule has 0 unspecified atom stereocenters. The Hall–Kier alpha value is -3.48. The third-order valence-electron chi connectivity index (χ3n) is 4.30. The van der Waals surface area contributed by atoms with E-state index in [1.165, 1.54) is 11.0 Å². The van der Waals surface area contributed by atoms with Crippen molar-refractivity contribution in [2.24, 2.45) is 5.92 Å². The average Bonchev–Trinajstić information content (AvgIpc) is 3.12. The molecule has 7 heteroatoms. The highest BCUT2D eigenvalue weighted by Gasteiger charge is 2.30. The largest absolute Gasteiger partial charge is 0.324 e. The lowest BCUT2D eigenvalue weighted by Crippen LogP contribution is -2.36. The number of anilines is 2. The predicted molar refractivity (Wildman–Crippen MR) is 97.3 cm³/mol. The molecule has 0 saturated heterocycles. The number of hydrogen-bond acceptors (Lipinski definition) is 4. The van der Waals surface area contributed by atoms with Crippen LogP contribution in [0, 0.1) is 5.92 Å². The molecule has 2 amide bonds. The number of aromatic nitrogens is 3. The summed E-state index contributed by atoms with van der Waals surface area (Å²) < 4.78 is 0. The van der Waals surface area contributed by atoms with E-state index in [1.54, 1.807) is 17.9 Å². The van der Waals surface area contributed by atoms with Crippen molar-refractivity contribution >= 4 is 23.2 Å². The van der Waals surface area contributed by atoms with Gasteiger partial charge in [0.1, 0.15) is 0 Å². The van der Waals surface area contributed by atoms with Gasteiger partial charge in [0.2, 0.25) is 5.91 Å². The van der Waals surface area contributed by atoms with E-state index in [2.05, 4.69) is 15.5 Å². The van der Waals surface area contributed by atoms with Crippen molar-refractivity contribution < 1.29 is 9.59 Å². The summed E-state index contributed by atoms with van der Waals surface area (Å²) in [6.07, 6.45) is 1.45. The average molecular weight is 347 g/mol. The van der Waals surface area contributed by atoms with Crippen LogP contribution in [0.15, 0.2) is 60.8 Å². The molecule has 0 bridgehead atoms. The molecule has 0 aliphatic carbocycles. The highest BCUT2D eigenvalue weighted by Crippen LogP contribution is 2.30. The normalized spacial score (nSPS) is 16.6. The van der Waals surface area contributed by atoms with Crippen molar-refractivity contribution in [1.82, 2.24) is 15.0 Å². The Morgan fingerprint density at radius 2 is 1.85 bits per heavy atom. The molecule has 0 spiro atoms. The first kappa shape index (κ1) is 16.0. The summed E-state index contributed by atoms with van der Waals surface area (Å²) in [4.78, 5) is 28.3. The van der Waals surface area contributed by atoms with Crippen molar-refractivity contribution in [2.45, 2.75) is 6.92 Å². The fourth-order valence-corrected chi connectivity index (χ4v) is 2.90. The molecule has 1 aromatic heterocycles. The summed E-state index contributed by atoms with van der Waals surface area (Å²) in [6, 6.07) is 16.6. The standard InChI is InChI=1S/C19H17N5O2/c1-13-12-23(17-10-6-5-9-15(17)21-18(13)25)19(26)16-11-20-24(22-16)14-7-3-2-4-8-14/h2-11,13H,12H2,1H3,(H,21,25)/t13-/m0/s1. The van der Waals surface area contributed by atoms with Crippen molar-refractivity contribution in [3.8, 4) is 5.69 Å². The number of fused-ring (bicyclic) bond motifs is 1. The van der Waals surface area contributed by atoms with E-state index in [0.717, 1.165) is 5.69 Å². The minimum absolute atomic E-state index is 0.110. The quantitative estimate of drug-likeness (QED) is 0.772. The molecular formula is C19H17N5O2. The first-order valence-corrected chi connectivity index (χ1v) is 8.33. The van der Waals surface area contributed by atoms with Gasteiger partial charge in [-0.1, -0.05) is 37.3 Å². The summed E-state index contributed by atoms with van der Waals surface area (Å²) >= 11 is 0. The number of rotatable bonds is 2. The molecule has 1 N–H and O–H groups in total. The van der Waals surface area contributed by atoms with Gasteiger partial charge in [-0.05, 0) is 24.3 Å². The van der Waals surface area contributed by atoms with Crippen LogP contribution in [0.3, 0.4) is 0 Å². The lowest BCUT2D eigenvalue weighted by Gasteiger charge is -2.22. The summed E-state index contributed by atoms with van der Waals surface area (Å²) in [5, 5.41) is 11.4. The zero-order valence-corrected chi connectivity index (χ0v) is 14.2. The lowest BCUT2D eigenvalue weighted by atomic mass is 10.1. The fourth-order valence-electron chi connectivity index (χ4n) is 2.90. The van der Waals surface area contributed by atoms with Crippen LogP contribution in [0.5, 0.6) is 0 Å². The number of nitrogens with zero attached hydrogens (tertiary/aromatic N) is 4. The number of amides is 2. The Morgan fingerprint density at radius 1 is 1.12 bits per heavy atom. The molecule has 2 aromatic carbocycles. The topological polar surface area (TPSA) is 80.1 Å². The van der Waals surface area contributed by atoms with Crippen LogP contribution >= 0.6 is 0 Å². The Morgan fingerprint density at radius 3 is 2.65 bits per heavy atom. The second-order valence-corrected chi connectivity index (χ2v) is 6.18. The second kappa shape index (κ2) is 6.44. The monoisotopic (exact) mass is 347 g/mol. The van der Waals surface area contributed by atoms with Gasteiger partial charge in [-0.15, -0.1) is 5.10 Å². The number of hydrogen-bond donors (Lipinski definition) is 1. The SMILES string of the molecule is C[C@H]1CN(C(=O)c2cnn(-c3ccccc3)n2)c2ccccc2NC1=O. The number of para-hydroxylation sites is 3. The van der Waals surface area contributed by atoms with Gasteiger partial charge < -0.3 is 10.2 Å². The third kappa shape index (κ3) is 2.83. The Kier molecular flexibility index (Phi) is 3.96. The van der Waals surface area contributed by atoms with Crippen LogP contribution in [-0.2, 0) is 4.79 Å². The van der Waals surface area contributed by atoms with Crippen molar-refractivity contribution in [2.75, 3.05) is 16.8 Å². The second-order valence-electron chi connectivity index (χ2n) is 6.18. The number of benzene rings is 2. The molecule has 130 valence electrons. The van der Waals surface area contributed by atoms with Crippen molar-refractivity contribution in [3.63, 3.8) is 0 Å². The van der Waals surface area contributed by atoms with E-state index in [9.17, 15) is 9.59 Å². The molecule has 1 aliphatic rings. The summed E-state index contributed by atoms with van der Waals surface area (Å²) in [6.45, 7) is 2.07. The Balaban J connectivity index is 1.70. The van der Waals surface area contributed by atoms with Gasteiger partial charge in [0.05, 0.1) is 29.2 Å². The molecule has 26 heavy (non-hydrogen) atoms. The van der Waals surface area contributed by atoms with Crippen LogP contribution in [0.2, 0.25) is 0 Å². The highest BCUT2D eigenvalue weighted by molar-refractivity contribution is 6.09. The minimum Gasteiger partial charge on any atom is -0.324 e. The van der Waals surface area contributed by atoms with Gasteiger partial charge in [0, 0.05) is 6.54 Å². The minimum atomic E-state index is -0.337. The highest BCUT2D eigenvalue weighted by atomic mass is 16.2.